The number of carbonyl (C=O) groups is 1. The largest absolute Gasteiger partial charge is 0.497 e. The van der Waals surface area contributed by atoms with Gasteiger partial charge in [0.2, 0.25) is 0 Å². The summed E-state index contributed by atoms with van der Waals surface area (Å²) in [5, 5.41) is 16.0. The molecule has 0 saturated heterocycles. The first-order valence-corrected chi connectivity index (χ1v) is 9.43. The van der Waals surface area contributed by atoms with E-state index >= 15 is 0 Å². The number of carbonyl (C=O) groups excluding carboxylic acids is 1. The van der Waals surface area contributed by atoms with Crippen molar-refractivity contribution in [2.45, 2.75) is 39.1 Å². The van der Waals surface area contributed by atoms with E-state index in [9.17, 15) is 9.90 Å². The molecular weight excluding hydrogens is 392 g/mol. The van der Waals surface area contributed by atoms with Crippen LogP contribution in [0.3, 0.4) is 0 Å². The minimum Gasteiger partial charge on any atom is -0.497 e. The molecule has 0 amide bonds. The summed E-state index contributed by atoms with van der Waals surface area (Å²) in [7, 11) is 1.54. The van der Waals surface area contributed by atoms with Gasteiger partial charge < -0.3 is 18.8 Å². The monoisotopic (exact) mass is 416 g/mol. The molecule has 0 bridgehead atoms. The lowest BCUT2D eigenvalue weighted by molar-refractivity contribution is 0.0520. The van der Waals surface area contributed by atoms with Crippen LogP contribution in [0, 0.1) is 0 Å². The Morgan fingerprint density at radius 1 is 1.21 bits per heavy atom. The lowest BCUT2D eigenvalue weighted by Gasteiger charge is -2.19. The van der Waals surface area contributed by atoms with Gasteiger partial charge in [-0.3, -0.25) is 0 Å². The third-order valence-corrected chi connectivity index (χ3v) is 4.40. The maximum absolute atomic E-state index is 12.7. The van der Waals surface area contributed by atoms with Crippen molar-refractivity contribution in [1.82, 2.24) is 9.78 Å². The summed E-state index contributed by atoms with van der Waals surface area (Å²) in [6.45, 7) is 5.70. The van der Waals surface area contributed by atoms with Gasteiger partial charge in [0.1, 0.15) is 23.1 Å². The van der Waals surface area contributed by atoms with E-state index < -0.39 is 17.8 Å². The smallest absolute Gasteiger partial charge is 0.435 e. The molecule has 1 heterocycles. The predicted octanol–water partition coefficient (Wildman–Crippen LogP) is 4.27. The molecule has 0 saturated carbocycles. The second-order valence-corrected chi connectivity index (χ2v) is 7.84. The third kappa shape index (κ3) is 4.72. The summed E-state index contributed by atoms with van der Waals surface area (Å²) in [6.07, 6.45) is -1.66. The lowest BCUT2D eigenvalue weighted by Crippen LogP contribution is -2.27. The fourth-order valence-electron chi connectivity index (χ4n) is 2.92. The molecule has 29 heavy (non-hydrogen) atoms. The van der Waals surface area contributed by atoms with E-state index in [2.05, 4.69) is 18.0 Å². The molecule has 0 aliphatic heterocycles. The molecule has 154 valence electrons. The van der Waals surface area contributed by atoms with Gasteiger partial charge in [0.25, 0.3) is 0 Å². The molecule has 1 atom stereocenters. The highest BCUT2D eigenvalue weighted by atomic mass is 32.1. The van der Waals surface area contributed by atoms with Crippen LogP contribution < -0.4 is 4.74 Å². The minimum absolute atomic E-state index is 0.353. The van der Waals surface area contributed by atoms with Gasteiger partial charge in [0.15, 0.2) is 0 Å². The Labute approximate surface area is 174 Å². The van der Waals surface area contributed by atoms with Crippen LogP contribution in [0.2, 0.25) is 0 Å². The van der Waals surface area contributed by atoms with Crippen LogP contribution in [0.4, 0.5) is 4.79 Å². The van der Waals surface area contributed by atoms with E-state index in [4.69, 9.17) is 13.7 Å². The van der Waals surface area contributed by atoms with E-state index in [-0.39, 0.29) is 0 Å². The van der Waals surface area contributed by atoms with Crippen molar-refractivity contribution >= 4 is 29.9 Å². The number of aliphatic hydroxyl groups excluding tert-OH is 1. The predicted molar refractivity (Wildman–Crippen MR) is 112 cm³/mol. The van der Waals surface area contributed by atoms with Crippen LogP contribution in [0.15, 0.2) is 42.5 Å². The molecule has 0 radical (unpaired) electrons. The topological polar surface area (TPSA) is 82.8 Å². The Hall–Kier alpha value is -2.55. The number of aliphatic hydroxyl groups is 1. The number of fused-ring (bicyclic) bond motifs is 1. The van der Waals surface area contributed by atoms with Crippen molar-refractivity contribution in [2.24, 2.45) is 0 Å². The molecule has 0 fully saturated rings. The Morgan fingerprint density at radius 2 is 1.90 bits per heavy atom. The molecule has 0 spiro atoms. The molecule has 2 aromatic carbocycles. The Balaban J connectivity index is 2.06. The Bertz CT molecular complexity index is 1010. The molecule has 8 heteroatoms. The van der Waals surface area contributed by atoms with Gasteiger partial charge in [0, 0.05) is 11.5 Å². The molecular formula is C21H24N2O5S. The van der Waals surface area contributed by atoms with Crippen LogP contribution in [-0.4, -0.2) is 33.7 Å². The fraction of sp³-hybridized carbons (Fsp3) is 0.333. The number of ether oxygens (including phenoxy) is 2. The normalized spacial score (nSPS) is 12.8. The van der Waals surface area contributed by atoms with Gasteiger partial charge in [-0.1, -0.05) is 24.3 Å². The molecule has 1 aromatic heterocycles. The van der Waals surface area contributed by atoms with Gasteiger partial charge in [-0.05, 0) is 56.9 Å². The number of methoxy groups -OCH3 is 1. The number of benzene rings is 2. The van der Waals surface area contributed by atoms with Gasteiger partial charge in [-0.15, -0.1) is 0 Å². The van der Waals surface area contributed by atoms with E-state index in [1.165, 1.54) is 0 Å². The van der Waals surface area contributed by atoms with Crippen molar-refractivity contribution in [3.63, 3.8) is 0 Å². The second-order valence-electron chi connectivity index (χ2n) is 7.58. The lowest BCUT2D eigenvalue weighted by atomic mass is 10.0. The second kappa shape index (κ2) is 8.44. The number of hydrogen-bond donors (Lipinski definition) is 2. The number of rotatable bonds is 5. The molecule has 3 aromatic rings. The molecule has 7 nitrogen and oxygen atoms in total. The zero-order chi connectivity index (χ0) is 21.2. The zero-order valence-electron chi connectivity index (χ0n) is 16.7. The van der Waals surface area contributed by atoms with Crippen LogP contribution in [-0.2, 0) is 15.5 Å². The standard InChI is InChI=1S/C21H24N2O5S/c1-21(2,3)28-20(25)23-17-11-15(26-4)9-10-16(17)18(22-23)19(24)14-7-5-13(6-8-14)12-27-29/h5-11,19,24,29H,12H2,1-4H3. The van der Waals surface area contributed by atoms with Crippen molar-refractivity contribution in [3.8, 4) is 5.75 Å². The summed E-state index contributed by atoms with van der Waals surface area (Å²) in [6, 6.07) is 12.5. The molecule has 1 N–H and O–H groups in total. The van der Waals surface area contributed by atoms with E-state index in [0.717, 1.165) is 10.2 Å². The molecule has 3 rings (SSSR count). The van der Waals surface area contributed by atoms with Crippen LogP contribution in [0.5, 0.6) is 5.75 Å². The maximum Gasteiger partial charge on any atom is 0.435 e. The minimum atomic E-state index is -1.03. The van der Waals surface area contributed by atoms with Crippen LogP contribution in [0.25, 0.3) is 10.9 Å². The molecule has 1 unspecified atom stereocenters. The fourth-order valence-corrected chi connectivity index (χ4v) is 3.07. The molecule has 0 aliphatic rings. The van der Waals surface area contributed by atoms with Crippen molar-refractivity contribution < 1.29 is 23.6 Å². The number of aromatic nitrogens is 2. The number of hydrogen-bond acceptors (Lipinski definition) is 7. The van der Waals surface area contributed by atoms with Crippen LogP contribution in [0.1, 0.15) is 43.7 Å². The van der Waals surface area contributed by atoms with Gasteiger partial charge in [-0.2, -0.15) is 9.78 Å². The molecule has 0 aliphatic carbocycles. The highest BCUT2D eigenvalue weighted by molar-refractivity contribution is 7.75. The summed E-state index contributed by atoms with van der Waals surface area (Å²) in [4.78, 5) is 12.7. The average Bonchev–Trinajstić information content (AvgIpc) is 3.06. The maximum atomic E-state index is 12.7. The van der Waals surface area contributed by atoms with Crippen molar-refractivity contribution in [2.75, 3.05) is 7.11 Å². The van der Waals surface area contributed by atoms with Gasteiger partial charge >= 0.3 is 6.09 Å². The first-order chi connectivity index (χ1) is 13.7. The number of nitrogens with zero attached hydrogens (tertiary/aromatic N) is 2. The summed E-state index contributed by atoms with van der Waals surface area (Å²) in [5.74, 6) is 0.569. The first kappa shape index (κ1) is 21.2. The van der Waals surface area contributed by atoms with E-state index in [1.807, 2.05) is 12.1 Å². The Morgan fingerprint density at radius 3 is 2.48 bits per heavy atom. The summed E-state index contributed by atoms with van der Waals surface area (Å²) < 4.78 is 16.7. The summed E-state index contributed by atoms with van der Waals surface area (Å²) >= 11 is 3.75. The van der Waals surface area contributed by atoms with E-state index in [0.29, 0.717) is 34.5 Å². The van der Waals surface area contributed by atoms with Gasteiger partial charge in [0.05, 0.1) is 19.2 Å². The average molecular weight is 416 g/mol. The first-order valence-electron chi connectivity index (χ1n) is 9.07. The third-order valence-electron chi connectivity index (χ3n) is 4.27. The SMILES string of the molecule is COc1ccc2c(C(O)c3ccc(COS)cc3)nn(C(=O)OC(C)(C)C)c2c1. The van der Waals surface area contributed by atoms with E-state index in [1.54, 1.807) is 58.2 Å². The number of thiol groups is 1. The highest BCUT2D eigenvalue weighted by Crippen LogP contribution is 2.31. The Kier molecular flexibility index (Phi) is 6.16. The summed E-state index contributed by atoms with van der Waals surface area (Å²) in [5.41, 5.74) is 1.72. The van der Waals surface area contributed by atoms with Crippen LogP contribution >= 0.6 is 12.9 Å². The zero-order valence-corrected chi connectivity index (χ0v) is 17.6. The van der Waals surface area contributed by atoms with Crippen molar-refractivity contribution in [3.05, 3.63) is 59.3 Å². The van der Waals surface area contributed by atoms with Crippen molar-refractivity contribution in [1.29, 1.82) is 0 Å². The van der Waals surface area contributed by atoms with Gasteiger partial charge in [-0.25, -0.2) is 4.79 Å². The quantitative estimate of drug-likeness (QED) is 0.477. The highest BCUT2D eigenvalue weighted by Gasteiger charge is 2.25.